The van der Waals surface area contributed by atoms with E-state index in [-0.39, 0.29) is 0 Å². The Morgan fingerprint density at radius 1 is 0.966 bits per heavy atom. The minimum atomic E-state index is 0.560. The van der Waals surface area contributed by atoms with Gasteiger partial charge < -0.3 is 28.8 Å². The molecule has 0 fully saturated rings. The molecule has 0 radical (unpaired) electrons. The zero-order valence-corrected chi connectivity index (χ0v) is 17.5. The summed E-state index contributed by atoms with van der Waals surface area (Å²) >= 11 is 0. The number of anilines is 1. The summed E-state index contributed by atoms with van der Waals surface area (Å²) in [5.74, 6) is 3.45. The van der Waals surface area contributed by atoms with E-state index in [2.05, 4.69) is 10.3 Å². The second kappa shape index (κ2) is 9.23. The number of rotatable bonds is 9. The number of imidazole rings is 1. The first kappa shape index (κ1) is 20.4. The summed E-state index contributed by atoms with van der Waals surface area (Å²) in [6.45, 7) is 3.19. The maximum absolute atomic E-state index is 5.51. The molecule has 0 aliphatic carbocycles. The lowest BCUT2D eigenvalue weighted by atomic mass is 10.1. The minimum absolute atomic E-state index is 0.560. The van der Waals surface area contributed by atoms with Crippen LogP contribution in [0.3, 0.4) is 0 Å². The molecule has 3 aromatic rings. The molecule has 0 aliphatic heterocycles. The van der Waals surface area contributed by atoms with Gasteiger partial charge in [0.1, 0.15) is 5.75 Å². The Morgan fingerprint density at radius 3 is 2.17 bits per heavy atom. The highest BCUT2D eigenvalue weighted by Gasteiger charge is 2.14. The molecule has 0 saturated heterocycles. The third kappa shape index (κ3) is 4.39. The molecule has 0 spiro atoms. The number of nitrogens with one attached hydrogen (secondary N) is 1. The van der Waals surface area contributed by atoms with Gasteiger partial charge in [-0.2, -0.15) is 0 Å². The van der Waals surface area contributed by atoms with Gasteiger partial charge in [-0.1, -0.05) is 0 Å². The van der Waals surface area contributed by atoms with Crippen LogP contribution in [0.5, 0.6) is 23.0 Å². The molecule has 1 heterocycles. The van der Waals surface area contributed by atoms with Crippen LogP contribution in [0.2, 0.25) is 0 Å². The SMILES string of the molecule is CCOc1ccc(-c2cnc(NCc3cc(OC)c(OC)c(OC)c3)n2C)cc1. The molecular weight excluding hydrogens is 370 g/mol. The van der Waals surface area contributed by atoms with Crippen molar-refractivity contribution >= 4 is 5.95 Å². The fourth-order valence-corrected chi connectivity index (χ4v) is 3.15. The summed E-state index contributed by atoms with van der Waals surface area (Å²) in [4.78, 5) is 4.52. The summed E-state index contributed by atoms with van der Waals surface area (Å²) in [5, 5.41) is 3.37. The van der Waals surface area contributed by atoms with Crippen molar-refractivity contribution in [2.75, 3.05) is 33.3 Å². The van der Waals surface area contributed by atoms with Crippen LogP contribution in [0.4, 0.5) is 5.95 Å². The van der Waals surface area contributed by atoms with Crippen LogP contribution >= 0.6 is 0 Å². The van der Waals surface area contributed by atoms with Gasteiger partial charge in [0.15, 0.2) is 11.5 Å². The highest BCUT2D eigenvalue weighted by atomic mass is 16.5. The lowest BCUT2D eigenvalue weighted by Crippen LogP contribution is -2.06. The molecule has 7 heteroatoms. The molecule has 0 aliphatic rings. The Kier molecular flexibility index (Phi) is 6.49. The fraction of sp³-hybridized carbons (Fsp3) is 0.318. The fourth-order valence-electron chi connectivity index (χ4n) is 3.15. The van der Waals surface area contributed by atoms with Crippen molar-refractivity contribution in [2.45, 2.75) is 13.5 Å². The summed E-state index contributed by atoms with van der Waals surface area (Å²) < 4.78 is 23.7. The molecule has 0 saturated carbocycles. The van der Waals surface area contributed by atoms with E-state index in [1.54, 1.807) is 21.3 Å². The van der Waals surface area contributed by atoms with Gasteiger partial charge in [-0.25, -0.2) is 4.98 Å². The van der Waals surface area contributed by atoms with Crippen molar-refractivity contribution in [3.05, 3.63) is 48.2 Å². The highest BCUT2D eigenvalue weighted by molar-refractivity contribution is 5.62. The second-order valence-corrected chi connectivity index (χ2v) is 6.37. The van der Waals surface area contributed by atoms with Gasteiger partial charge in [0.2, 0.25) is 11.7 Å². The van der Waals surface area contributed by atoms with Gasteiger partial charge in [0, 0.05) is 19.2 Å². The average molecular weight is 397 g/mol. The first-order chi connectivity index (χ1) is 14.1. The maximum atomic E-state index is 5.51. The predicted octanol–water partition coefficient (Wildman–Crippen LogP) is 4.12. The Bertz CT molecular complexity index is 926. The lowest BCUT2D eigenvalue weighted by molar-refractivity contribution is 0.324. The van der Waals surface area contributed by atoms with Gasteiger partial charge in [-0.3, -0.25) is 0 Å². The van der Waals surface area contributed by atoms with E-state index in [1.165, 1.54) is 0 Å². The zero-order valence-electron chi connectivity index (χ0n) is 17.5. The van der Waals surface area contributed by atoms with Gasteiger partial charge >= 0.3 is 0 Å². The van der Waals surface area contributed by atoms with E-state index in [0.29, 0.717) is 30.4 Å². The van der Waals surface area contributed by atoms with E-state index in [4.69, 9.17) is 18.9 Å². The maximum Gasteiger partial charge on any atom is 0.203 e. The molecule has 0 bridgehead atoms. The Balaban J connectivity index is 1.77. The molecule has 3 rings (SSSR count). The van der Waals surface area contributed by atoms with Crippen LogP contribution in [0.1, 0.15) is 12.5 Å². The number of hydrogen-bond acceptors (Lipinski definition) is 6. The Hall–Kier alpha value is -3.35. The van der Waals surface area contributed by atoms with Crippen molar-refractivity contribution < 1.29 is 18.9 Å². The standard InChI is InChI=1S/C22H27N3O4/c1-6-29-17-9-7-16(8-10-17)18-14-24-22(25(18)2)23-13-15-11-19(26-3)21(28-5)20(12-15)27-4/h7-12,14H,6,13H2,1-5H3,(H,23,24). The predicted molar refractivity (Wildman–Crippen MR) is 113 cm³/mol. The lowest BCUT2D eigenvalue weighted by Gasteiger charge is -2.15. The van der Waals surface area contributed by atoms with Crippen LogP contribution in [-0.2, 0) is 13.6 Å². The molecule has 1 aromatic heterocycles. The molecule has 0 atom stereocenters. The molecule has 1 N–H and O–H groups in total. The van der Waals surface area contributed by atoms with E-state index in [1.807, 2.05) is 61.1 Å². The molecule has 154 valence electrons. The Labute approximate surface area is 171 Å². The van der Waals surface area contributed by atoms with Crippen molar-refractivity contribution in [3.8, 4) is 34.3 Å². The topological polar surface area (TPSA) is 66.8 Å². The van der Waals surface area contributed by atoms with E-state index < -0.39 is 0 Å². The number of aromatic nitrogens is 2. The summed E-state index contributed by atoms with van der Waals surface area (Å²) in [6, 6.07) is 11.8. The van der Waals surface area contributed by atoms with Crippen molar-refractivity contribution in [1.82, 2.24) is 9.55 Å². The minimum Gasteiger partial charge on any atom is -0.494 e. The first-order valence-electron chi connectivity index (χ1n) is 9.39. The smallest absolute Gasteiger partial charge is 0.203 e. The van der Waals surface area contributed by atoms with Crippen LogP contribution < -0.4 is 24.3 Å². The van der Waals surface area contributed by atoms with Gasteiger partial charge in [-0.15, -0.1) is 0 Å². The van der Waals surface area contributed by atoms with Crippen LogP contribution in [0, 0.1) is 0 Å². The normalized spacial score (nSPS) is 10.5. The van der Waals surface area contributed by atoms with Crippen LogP contribution in [0.25, 0.3) is 11.3 Å². The molecule has 0 unspecified atom stereocenters. The third-order valence-corrected chi connectivity index (χ3v) is 4.62. The number of hydrogen-bond donors (Lipinski definition) is 1. The Morgan fingerprint density at radius 2 is 1.62 bits per heavy atom. The van der Waals surface area contributed by atoms with Crippen molar-refractivity contribution in [1.29, 1.82) is 0 Å². The number of nitrogens with zero attached hydrogens (tertiary/aromatic N) is 2. The quantitative estimate of drug-likeness (QED) is 0.586. The second-order valence-electron chi connectivity index (χ2n) is 6.37. The van der Waals surface area contributed by atoms with Crippen LogP contribution in [-0.4, -0.2) is 37.5 Å². The van der Waals surface area contributed by atoms with E-state index in [0.717, 1.165) is 28.5 Å². The number of ether oxygens (including phenoxy) is 4. The molecule has 2 aromatic carbocycles. The zero-order chi connectivity index (χ0) is 20.8. The average Bonchev–Trinajstić information content (AvgIpc) is 3.12. The van der Waals surface area contributed by atoms with Crippen molar-refractivity contribution in [3.63, 3.8) is 0 Å². The highest BCUT2D eigenvalue weighted by Crippen LogP contribution is 2.38. The summed E-state index contributed by atoms with van der Waals surface area (Å²) in [6.07, 6.45) is 1.85. The molecule has 0 amide bonds. The van der Waals surface area contributed by atoms with E-state index in [9.17, 15) is 0 Å². The van der Waals surface area contributed by atoms with Gasteiger partial charge in [0.25, 0.3) is 0 Å². The number of methoxy groups -OCH3 is 3. The first-order valence-corrected chi connectivity index (χ1v) is 9.39. The molecular formula is C22H27N3O4. The summed E-state index contributed by atoms with van der Waals surface area (Å²) in [7, 11) is 6.79. The molecule has 7 nitrogen and oxygen atoms in total. The summed E-state index contributed by atoms with van der Waals surface area (Å²) in [5.41, 5.74) is 3.08. The van der Waals surface area contributed by atoms with Gasteiger partial charge in [0.05, 0.1) is 39.8 Å². The number of benzene rings is 2. The third-order valence-electron chi connectivity index (χ3n) is 4.62. The monoisotopic (exact) mass is 397 g/mol. The van der Waals surface area contributed by atoms with Gasteiger partial charge in [-0.05, 0) is 48.9 Å². The van der Waals surface area contributed by atoms with E-state index >= 15 is 0 Å². The van der Waals surface area contributed by atoms with Crippen molar-refractivity contribution in [2.24, 2.45) is 7.05 Å². The molecule has 29 heavy (non-hydrogen) atoms. The largest absolute Gasteiger partial charge is 0.494 e. The van der Waals surface area contributed by atoms with Crippen LogP contribution in [0.15, 0.2) is 42.6 Å².